The summed E-state index contributed by atoms with van der Waals surface area (Å²) in [5, 5.41) is 22.4. The maximum absolute atomic E-state index is 13.8. The third-order valence-electron chi connectivity index (χ3n) is 13.8. The van der Waals surface area contributed by atoms with Crippen molar-refractivity contribution in [2.45, 2.75) is 110 Å². The van der Waals surface area contributed by atoms with E-state index in [2.05, 4.69) is 34.6 Å². The quantitative estimate of drug-likeness (QED) is 0.402. The van der Waals surface area contributed by atoms with Crippen LogP contribution in [0, 0.1) is 57.2 Å². The molecule has 7 rings (SSSR count). The third kappa shape index (κ3) is 2.17. The molecule has 2 aliphatic heterocycles. The van der Waals surface area contributed by atoms with Gasteiger partial charge in [0.2, 0.25) is 0 Å². The molecule has 5 aliphatic carbocycles. The lowest BCUT2D eigenvalue weighted by Gasteiger charge is -2.72. The van der Waals surface area contributed by atoms with Gasteiger partial charge in [0.05, 0.1) is 17.6 Å². The molecule has 0 aromatic carbocycles. The summed E-state index contributed by atoms with van der Waals surface area (Å²) >= 11 is 0. The highest BCUT2D eigenvalue weighted by Gasteiger charge is 2.89. The Hall–Kier alpha value is -0.980. The summed E-state index contributed by atoms with van der Waals surface area (Å²) in [6.07, 6.45) is 2.73. The molecule has 0 amide bonds. The van der Waals surface area contributed by atoms with E-state index in [0.29, 0.717) is 18.3 Å². The number of fused-ring (bicyclic) bond motifs is 6. The number of carbonyl (C=O) groups is 2. The van der Waals surface area contributed by atoms with Crippen molar-refractivity contribution < 1.29 is 29.3 Å². The lowest BCUT2D eigenvalue weighted by Crippen LogP contribution is -2.76. The molecule has 6 nitrogen and oxygen atoms in total. The maximum Gasteiger partial charge on any atom is 0.313 e. The van der Waals surface area contributed by atoms with Gasteiger partial charge in [-0.05, 0) is 66.6 Å². The fourth-order valence-electron chi connectivity index (χ4n) is 12.1. The molecule has 7 aliphatic rings. The lowest BCUT2D eigenvalue weighted by molar-refractivity contribution is -0.284. The molecule has 2 saturated heterocycles. The Labute approximate surface area is 208 Å². The Morgan fingerprint density at radius 1 is 0.943 bits per heavy atom. The van der Waals surface area contributed by atoms with Crippen LogP contribution in [0.1, 0.15) is 80.1 Å². The van der Waals surface area contributed by atoms with E-state index in [1.807, 2.05) is 6.92 Å². The van der Waals surface area contributed by atoms with Crippen LogP contribution < -0.4 is 0 Å². The molecular weight excluding hydrogens is 444 g/mol. The number of hydrogen-bond acceptors (Lipinski definition) is 6. The molecule has 5 saturated carbocycles. The van der Waals surface area contributed by atoms with Gasteiger partial charge in [-0.1, -0.05) is 41.5 Å². The van der Waals surface area contributed by atoms with E-state index in [1.54, 1.807) is 0 Å². The van der Waals surface area contributed by atoms with Gasteiger partial charge < -0.3 is 19.7 Å². The molecule has 2 bridgehead atoms. The number of ketones is 1. The second-order valence-electron chi connectivity index (χ2n) is 14.7. The van der Waals surface area contributed by atoms with Crippen LogP contribution in [0.2, 0.25) is 0 Å². The molecule has 35 heavy (non-hydrogen) atoms. The van der Waals surface area contributed by atoms with Crippen molar-refractivity contribution >= 4 is 11.8 Å². The SMILES string of the molecule is C[C@H]1[C@H](C)CC[C@@]23CC[C@]4(C)[C@@](OC2=O)([C@H]13)[C@H]1O[C@H]1[C@@H]1[C@@]2(C)CC(=O)[C@H](O)[C@@H](C)[C@@H]2[C@H](O)C[C@]14C. The zero-order valence-corrected chi connectivity index (χ0v) is 22.0. The summed E-state index contributed by atoms with van der Waals surface area (Å²) in [7, 11) is 0. The van der Waals surface area contributed by atoms with Crippen LogP contribution in [-0.4, -0.2) is 52.0 Å². The Bertz CT molecular complexity index is 1030. The minimum Gasteiger partial charge on any atom is -0.455 e. The summed E-state index contributed by atoms with van der Waals surface area (Å²) in [4.78, 5) is 26.8. The molecule has 2 heterocycles. The summed E-state index contributed by atoms with van der Waals surface area (Å²) in [5.74, 6) is 0.541. The molecule has 194 valence electrons. The minimum atomic E-state index is -1.01. The number of esters is 1. The van der Waals surface area contributed by atoms with Crippen molar-refractivity contribution in [3.63, 3.8) is 0 Å². The normalized spacial score (nSPS) is 66.4. The van der Waals surface area contributed by atoms with Gasteiger partial charge in [0.15, 0.2) is 11.4 Å². The summed E-state index contributed by atoms with van der Waals surface area (Å²) in [6.45, 7) is 13.4. The number of ether oxygens (including phenoxy) is 2. The van der Waals surface area contributed by atoms with Crippen molar-refractivity contribution in [1.29, 1.82) is 0 Å². The van der Waals surface area contributed by atoms with Crippen LogP contribution in [0.3, 0.4) is 0 Å². The highest BCUT2D eigenvalue weighted by Crippen LogP contribution is 2.83. The molecule has 6 heteroatoms. The first-order valence-electron chi connectivity index (χ1n) is 14.1. The molecule has 2 N–H and O–H groups in total. The predicted molar refractivity (Wildman–Crippen MR) is 127 cm³/mol. The van der Waals surface area contributed by atoms with Gasteiger partial charge in [0.25, 0.3) is 0 Å². The van der Waals surface area contributed by atoms with Crippen LogP contribution in [-0.2, 0) is 19.1 Å². The van der Waals surface area contributed by atoms with Crippen LogP contribution in [0.5, 0.6) is 0 Å². The monoisotopic (exact) mass is 486 g/mol. The first kappa shape index (κ1) is 23.2. The predicted octanol–water partition coefficient (Wildman–Crippen LogP) is 3.51. The number of hydrogen-bond donors (Lipinski definition) is 2. The van der Waals surface area contributed by atoms with E-state index in [4.69, 9.17) is 9.47 Å². The fraction of sp³-hybridized carbons (Fsp3) is 0.931. The summed E-state index contributed by atoms with van der Waals surface area (Å²) < 4.78 is 13.4. The van der Waals surface area contributed by atoms with Crippen LogP contribution in [0.25, 0.3) is 0 Å². The summed E-state index contributed by atoms with van der Waals surface area (Å²) in [6, 6.07) is 0. The van der Waals surface area contributed by atoms with Crippen LogP contribution in [0.4, 0.5) is 0 Å². The molecule has 1 spiro atoms. The average molecular weight is 487 g/mol. The topological polar surface area (TPSA) is 96.4 Å². The van der Waals surface area contributed by atoms with E-state index in [9.17, 15) is 19.8 Å². The second kappa shape index (κ2) is 6.35. The second-order valence-corrected chi connectivity index (χ2v) is 14.7. The van der Waals surface area contributed by atoms with Gasteiger partial charge in [0.1, 0.15) is 12.2 Å². The third-order valence-corrected chi connectivity index (χ3v) is 13.8. The van der Waals surface area contributed by atoms with E-state index in [-0.39, 0.29) is 64.9 Å². The number of aliphatic hydroxyl groups is 2. The van der Waals surface area contributed by atoms with Crippen molar-refractivity contribution in [2.24, 2.45) is 57.2 Å². The Morgan fingerprint density at radius 3 is 2.37 bits per heavy atom. The van der Waals surface area contributed by atoms with Crippen LogP contribution >= 0.6 is 0 Å². The van der Waals surface area contributed by atoms with Gasteiger partial charge in [-0.15, -0.1) is 0 Å². The van der Waals surface area contributed by atoms with Gasteiger partial charge in [-0.3, -0.25) is 9.59 Å². The summed E-state index contributed by atoms with van der Waals surface area (Å²) in [5.41, 5.74) is -2.24. The van der Waals surface area contributed by atoms with E-state index >= 15 is 0 Å². The Kier molecular flexibility index (Phi) is 4.20. The number of aliphatic hydroxyl groups excluding tert-OH is 2. The lowest BCUT2D eigenvalue weighted by atomic mass is 9.31. The fourth-order valence-corrected chi connectivity index (χ4v) is 12.1. The Morgan fingerprint density at radius 2 is 1.66 bits per heavy atom. The molecular formula is C29H42O6. The van der Waals surface area contributed by atoms with Gasteiger partial charge >= 0.3 is 5.97 Å². The van der Waals surface area contributed by atoms with Crippen molar-refractivity contribution in [1.82, 2.24) is 0 Å². The molecule has 15 atom stereocenters. The molecule has 0 aromatic rings. The van der Waals surface area contributed by atoms with Crippen molar-refractivity contribution in [3.8, 4) is 0 Å². The smallest absolute Gasteiger partial charge is 0.313 e. The zero-order valence-electron chi connectivity index (χ0n) is 22.0. The number of rotatable bonds is 0. The van der Waals surface area contributed by atoms with Gasteiger partial charge in [0, 0.05) is 23.7 Å². The zero-order chi connectivity index (χ0) is 25.1. The van der Waals surface area contributed by atoms with Gasteiger partial charge in [-0.25, -0.2) is 0 Å². The van der Waals surface area contributed by atoms with E-state index in [1.165, 1.54) is 0 Å². The average Bonchev–Trinajstić information content (AvgIpc) is 3.52. The molecule has 0 aromatic heterocycles. The standard InChI is InChI=1S/C29H42O6/c1-13-7-8-28-10-9-27(6)26(5)12-16(30)18-15(3)19(32)17(31)11-25(18,4)22(26)20-23(34-20)29(27,35-24(28)33)21(28)14(13)2/h13-16,18-23,30,32H,7-12H2,1-6H3/t13-,14+,15+,16-,18-,19-,20+,21-,22-,23+,25+,26-,27+,28+,29-/m1/s1. The number of Topliss-reactive ketones (excluding diaryl/α,β-unsaturated/α-hetero) is 1. The number of epoxide rings is 1. The number of carbonyl (C=O) groups excluding carboxylic acids is 2. The minimum absolute atomic E-state index is 0.00805. The van der Waals surface area contributed by atoms with Gasteiger partial charge in [-0.2, -0.15) is 0 Å². The Balaban J connectivity index is 1.42. The molecule has 7 fully saturated rings. The first-order valence-corrected chi connectivity index (χ1v) is 14.1. The van der Waals surface area contributed by atoms with Crippen molar-refractivity contribution in [2.75, 3.05) is 0 Å². The highest BCUT2D eigenvalue weighted by molar-refractivity contribution is 5.85. The van der Waals surface area contributed by atoms with Crippen molar-refractivity contribution in [3.05, 3.63) is 0 Å². The highest BCUT2D eigenvalue weighted by atomic mass is 16.6. The maximum atomic E-state index is 13.8. The molecule has 0 unspecified atom stereocenters. The van der Waals surface area contributed by atoms with E-state index < -0.39 is 28.6 Å². The molecule has 0 radical (unpaired) electrons. The largest absolute Gasteiger partial charge is 0.455 e. The first-order chi connectivity index (χ1) is 16.3. The van der Waals surface area contributed by atoms with E-state index in [0.717, 1.165) is 25.7 Å². The van der Waals surface area contributed by atoms with Crippen LogP contribution in [0.15, 0.2) is 0 Å².